The number of carboxylic acids is 1. The van der Waals surface area contributed by atoms with E-state index in [1.807, 2.05) is 9.80 Å². The number of aliphatic hydroxyl groups is 1. The monoisotopic (exact) mass is 667 g/mol. The molecule has 3 aliphatic heterocycles. The van der Waals surface area contributed by atoms with Crippen LogP contribution in [-0.4, -0.2) is 82.9 Å². The van der Waals surface area contributed by atoms with E-state index in [0.717, 1.165) is 25.7 Å². The van der Waals surface area contributed by atoms with E-state index in [-0.39, 0.29) is 55.6 Å². The number of carbonyl (C=O) groups is 3. The van der Waals surface area contributed by atoms with Gasteiger partial charge in [-0.25, -0.2) is 4.39 Å². The average Bonchev–Trinajstić information content (AvgIpc) is 3.72. The number of aryl methyl sites for hydroxylation is 1. The summed E-state index contributed by atoms with van der Waals surface area (Å²) in [4.78, 5) is 46.1. The number of aliphatic hydroxyl groups excluding tert-OH is 1. The number of likely N-dealkylation sites (tertiary alicyclic amines) is 2. The Balaban J connectivity index is 1.51. The highest BCUT2D eigenvalue weighted by Gasteiger charge is 2.48. The van der Waals surface area contributed by atoms with Crippen LogP contribution in [-0.2, 0) is 21.0 Å². The summed E-state index contributed by atoms with van der Waals surface area (Å²) in [5, 5.41) is 20.9. The normalized spacial score (nSPS) is 21.8. The van der Waals surface area contributed by atoms with Crippen molar-refractivity contribution >= 4 is 23.5 Å². The molecule has 0 aromatic heterocycles. The van der Waals surface area contributed by atoms with E-state index in [4.69, 9.17) is 9.47 Å². The highest BCUT2D eigenvalue weighted by atomic mass is 19.1. The first-order valence-electron chi connectivity index (χ1n) is 17.2. The molecule has 2 saturated heterocycles. The van der Waals surface area contributed by atoms with Crippen LogP contribution in [0.2, 0.25) is 0 Å². The van der Waals surface area contributed by atoms with Gasteiger partial charge in [-0.05, 0) is 73.1 Å². The summed E-state index contributed by atoms with van der Waals surface area (Å²) in [6, 6.07) is 7.64. The zero-order valence-electron chi connectivity index (χ0n) is 28.8. The van der Waals surface area contributed by atoms with Gasteiger partial charge in [0, 0.05) is 55.3 Å². The van der Waals surface area contributed by atoms with Crippen LogP contribution in [0, 0.1) is 24.1 Å². The molecule has 0 aliphatic carbocycles. The fourth-order valence-corrected chi connectivity index (χ4v) is 7.96. The van der Waals surface area contributed by atoms with Crippen molar-refractivity contribution in [1.29, 1.82) is 0 Å². The van der Waals surface area contributed by atoms with Crippen LogP contribution in [0.5, 0.6) is 11.5 Å². The Kier molecular flexibility index (Phi) is 11.0. The molecule has 0 spiro atoms. The summed E-state index contributed by atoms with van der Waals surface area (Å²) >= 11 is 0. The van der Waals surface area contributed by atoms with Crippen molar-refractivity contribution in [2.24, 2.45) is 11.3 Å². The second-order valence-electron chi connectivity index (χ2n) is 14.4. The first kappa shape index (κ1) is 35.6. The van der Waals surface area contributed by atoms with Crippen molar-refractivity contribution in [3.63, 3.8) is 0 Å². The molecule has 2 aromatic rings. The Labute approximate surface area is 282 Å². The number of nitrogens with zero attached hydrogens (tertiary/aromatic N) is 3. The number of hydrogen-bond acceptors (Lipinski definition) is 7. The standard InChI is InChI=1S/C37H50FN3O7/c1-6-8-26(9-7-2)41(27-10-11-29(38)23(3)14-27)33(44)19-40-18-28(24-15-25(20-42)35-31(16-24)47-22-48-35)34(36(45)46)30(40)12-13-39-21-37(4,5)17-32(39)43/h10-11,14-16,26,28,30,34,42H,6-9,12-13,17-22H2,1-5H3,(H,45,46)/t28-,30+,34-/m1/s1. The molecule has 2 N–H and O–H groups in total. The lowest BCUT2D eigenvalue weighted by molar-refractivity contribution is -0.143. The molecule has 0 bridgehead atoms. The van der Waals surface area contributed by atoms with Gasteiger partial charge < -0.3 is 29.5 Å². The molecule has 3 heterocycles. The molecular formula is C37H50FN3O7. The zero-order chi connectivity index (χ0) is 34.7. The van der Waals surface area contributed by atoms with Gasteiger partial charge >= 0.3 is 5.97 Å². The first-order valence-corrected chi connectivity index (χ1v) is 17.2. The number of carboxylic acid groups (broad SMARTS) is 1. The number of hydrogen-bond donors (Lipinski definition) is 2. The van der Waals surface area contributed by atoms with Crippen LogP contribution in [0.1, 0.15) is 88.8 Å². The predicted octanol–water partition coefficient (Wildman–Crippen LogP) is 5.47. The summed E-state index contributed by atoms with van der Waals surface area (Å²) in [5.41, 5.74) is 2.12. The fraction of sp³-hybridized carbons (Fsp3) is 0.595. The van der Waals surface area contributed by atoms with Gasteiger partial charge in [-0.2, -0.15) is 0 Å². The fourth-order valence-electron chi connectivity index (χ4n) is 7.96. The van der Waals surface area contributed by atoms with Crippen LogP contribution < -0.4 is 14.4 Å². The maximum Gasteiger partial charge on any atom is 0.308 e. The highest BCUT2D eigenvalue weighted by molar-refractivity contribution is 5.95. The number of amides is 2. The van der Waals surface area contributed by atoms with Crippen molar-refractivity contribution in [2.45, 2.75) is 97.8 Å². The van der Waals surface area contributed by atoms with E-state index in [9.17, 15) is 29.0 Å². The van der Waals surface area contributed by atoms with Gasteiger partial charge in [-0.15, -0.1) is 0 Å². The van der Waals surface area contributed by atoms with Gasteiger partial charge in [0.15, 0.2) is 11.5 Å². The minimum absolute atomic E-state index is 0.0116. The highest BCUT2D eigenvalue weighted by Crippen LogP contribution is 2.45. The topological polar surface area (TPSA) is 120 Å². The largest absolute Gasteiger partial charge is 0.481 e. The Morgan fingerprint density at radius 1 is 1.12 bits per heavy atom. The number of benzene rings is 2. The lowest BCUT2D eigenvalue weighted by atomic mass is 9.83. The summed E-state index contributed by atoms with van der Waals surface area (Å²) in [6.07, 6.45) is 4.09. The molecule has 10 nitrogen and oxygen atoms in total. The molecule has 11 heteroatoms. The van der Waals surface area contributed by atoms with E-state index in [0.29, 0.717) is 59.8 Å². The number of halogens is 1. The summed E-state index contributed by atoms with van der Waals surface area (Å²) in [7, 11) is 0. The molecule has 2 aromatic carbocycles. The molecular weight excluding hydrogens is 617 g/mol. The smallest absolute Gasteiger partial charge is 0.308 e. The van der Waals surface area contributed by atoms with Crippen LogP contribution >= 0.6 is 0 Å². The van der Waals surface area contributed by atoms with E-state index < -0.39 is 23.8 Å². The van der Waals surface area contributed by atoms with Crippen molar-refractivity contribution in [3.8, 4) is 11.5 Å². The molecule has 2 amide bonds. The van der Waals surface area contributed by atoms with Gasteiger partial charge in [-0.1, -0.05) is 40.5 Å². The molecule has 0 radical (unpaired) electrons. The Hall–Kier alpha value is -3.70. The SMILES string of the molecule is CCCC(CCC)N(C(=O)CN1C[C@H](c2cc(CO)c3c(c2)OCO3)[C@@H](C(=O)O)[C@@H]1CCN1CC(C)(C)CC1=O)c1ccc(F)c(C)c1. The second-order valence-corrected chi connectivity index (χ2v) is 14.4. The van der Waals surface area contributed by atoms with Crippen molar-refractivity contribution in [1.82, 2.24) is 9.80 Å². The van der Waals surface area contributed by atoms with Gasteiger partial charge in [0.25, 0.3) is 0 Å². The van der Waals surface area contributed by atoms with Crippen molar-refractivity contribution in [3.05, 3.63) is 52.8 Å². The third-order valence-electron chi connectivity index (χ3n) is 10.1. The molecule has 262 valence electrons. The molecule has 3 atom stereocenters. The van der Waals surface area contributed by atoms with Gasteiger partial charge in [-0.3, -0.25) is 19.3 Å². The minimum atomic E-state index is -0.989. The lowest BCUT2D eigenvalue weighted by Gasteiger charge is -2.35. The average molecular weight is 668 g/mol. The number of rotatable bonds is 14. The third kappa shape index (κ3) is 7.47. The Morgan fingerprint density at radius 3 is 2.46 bits per heavy atom. The minimum Gasteiger partial charge on any atom is -0.481 e. The van der Waals surface area contributed by atoms with E-state index >= 15 is 0 Å². The summed E-state index contributed by atoms with van der Waals surface area (Å²) in [6.45, 7) is 10.9. The first-order chi connectivity index (χ1) is 22.9. The zero-order valence-corrected chi connectivity index (χ0v) is 28.8. The Morgan fingerprint density at radius 2 is 1.85 bits per heavy atom. The van der Waals surface area contributed by atoms with Gasteiger partial charge in [0.1, 0.15) is 5.82 Å². The quantitative estimate of drug-likeness (QED) is 0.272. The van der Waals surface area contributed by atoms with Crippen LogP contribution in [0.25, 0.3) is 0 Å². The second kappa shape index (κ2) is 14.8. The number of aliphatic carboxylic acids is 1. The summed E-state index contributed by atoms with van der Waals surface area (Å²) < 4.78 is 25.6. The van der Waals surface area contributed by atoms with Crippen molar-refractivity contribution < 1.29 is 38.5 Å². The van der Waals surface area contributed by atoms with Crippen molar-refractivity contribution in [2.75, 3.05) is 37.9 Å². The van der Waals surface area contributed by atoms with Crippen LogP contribution in [0.15, 0.2) is 30.3 Å². The molecule has 0 unspecified atom stereocenters. The molecule has 48 heavy (non-hydrogen) atoms. The third-order valence-corrected chi connectivity index (χ3v) is 10.1. The van der Waals surface area contributed by atoms with E-state index in [1.54, 1.807) is 36.1 Å². The number of ether oxygens (including phenoxy) is 2. The van der Waals surface area contributed by atoms with Crippen LogP contribution in [0.4, 0.5) is 10.1 Å². The maximum absolute atomic E-state index is 14.5. The predicted molar refractivity (Wildman–Crippen MR) is 180 cm³/mol. The van der Waals surface area contributed by atoms with E-state index in [2.05, 4.69) is 27.7 Å². The van der Waals surface area contributed by atoms with Crippen LogP contribution in [0.3, 0.4) is 0 Å². The number of fused-ring (bicyclic) bond motifs is 1. The number of anilines is 1. The van der Waals surface area contributed by atoms with Gasteiger partial charge in [0.05, 0.1) is 19.1 Å². The summed E-state index contributed by atoms with van der Waals surface area (Å²) in [5.74, 6) is -1.96. The Bertz CT molecular complexity index is 1510. The molecule has 2 fully saturated rings. The molecule has 0 saturated carbocycles. The maximum atomic E-state index is 14.5. The molecule has 3 aliphatic rings. The lowest BCUT2D eigenvalue weighted by Crippen LogP contribution is -2.48. The van der Waals surface area contributed by atoms with Gasteiger partial charge in [0.2, 0.25) is 18.6 Å². The molecule has 5 rings (SSSR count). The van der Waals surface area contributed by atoms with E-state index in [1.165, 1.54) is 6.07 Å². The number of carbonyl (C=O) groups excluding carboxylic acids is 2.